The fraction of sp³-hybridized carbons (Fsp3) is 0.167. The van der Waals surface area contributed by atoms with Gasteiger partial charge in [-0.05, 0) is 22.9 Å². The molecule has 0 unspecified atom stereocenters. The lowest BCUT2D eigenvalue weighted by molar-refractivity contribution is 0.405. The molecule has 2 aromatic carbocycles. The van der Waals surface area contributed by atoms with Crippen LogP contribution >= 0.6 is 0 Å². The lowest BCUT2D eigenvalue weighted by atomic mass is 10.1. The fourth-order valence-electron chi connectivity index (χ4n) is 1.22. The number of hydrogen-bond acceptors (Lipinski definition) is 2. The zero-order valence-corrected chi connectivity index (χ0v) is 8.36. The lowest BCUT2D eigenvalue weighted by Crippen LogP contribution is -1.72. The van der Waals surface area contributed by atoms with Gasteiger partial charge in [-0.15, -0.1) is 0 Å². The van der Waals surface area contributed by atoms with Crippen molar-refractivity contribution in [2.24, 2.45) is 0 Å². The van der Waals surface area contributed by atoms with Crippen LogP contribution in [-0.2, 0) is 0 Å². The lowest BCUT2D eigenvalue weighted by Gasteiger charge is -2.00. The fourth-order valence-corrected chi connectivity index (χ4v) is 1.22. The summed E-state index contributed by atoms with van der Waals surface area (Å²) in [4.78, 5) is 0. The Kier molecular flexibility index (Phi) is 3.35. The minimum atomic E-state index is -0.0753. The molecule has 0 saturated carbocycles. The molecule has 2 heteroatoms. The molecule has 2 N–H and O–H groups in total. The highest BCUT2D eigenvalue weighted by molar-refractivity contribution is 5.85. The summed E-state index contributed by atoms with van der Waals surface area (Å²) < 4.78 is 0. The van der Waals surface area contributed by atoms with Crippen molar-refractivity contribution >= 4 is 10.8 Å². The minimum absolute atomic E-state index is 0.0753. The van der Waals surface area contributed by atoms with Gasteiger partial charge >= 0.3 is 0 Å². The van der Waals surface area contributed by atoms with Crippen LogP contribution in [0.3, 0.4) is 0 Å². The van der Waals surface area contributed by atoms with E-state index in [9.17, 15) is 0 Å². The van der Waals surface area contributed by atoms with E-state index in [0.717, 1.165) is 10.8 Å². The molecular formula is C12H14O2. The molecule has 0 aliphatic carbocycles. The van der Waals surface area contributed by atoms with Crippen LogP contribution in [0.15, 0.2) is 36.4 Å². The Labute approximate surface area is 83.4 Å². The molecule has 0 saturated heterocycles. The summed E-state index contributed by atoms with van der Waals surface area (Å²) in [6.45, 7) is 4.00. The van der Waals surface area contributed by atoms with E-state index < -0.39 is 0 Å². The van der Waals surface area contributed by atoms with Crippen LogP contribution in [0.1, 0.15) is 13.8 Å². The maximum absolute atomic E-state index is 9.17. The van der Waals surface area contributed by atoms with E-state index in [-0.39, 0.29) is 11.5 Å². The third kappa shape index (κ3) is 1.96. The van der Waals surface area contributed by atoms with E-state index in [1.807, 2.05) is 38.1 Å². The molecule has 74 valence electrons. The molecule has 0 aromatic heterocycles. The van der Waals surface area contributed by atoms with E-state index in [4.69, 9.17) is 10.2 Å². The molecule has 0 atom stereocenters. The van der Waals surface area contributed by atoms with Crippen molar-refractivity contribution in [1.29, 1.82) is 0 Å². The SMILES string of the molecule is CC.Oc1cc2ccccc2cc1O. The van der Waals surface area contributed by atoms with Crippen LogP contribution in [0, 0.1) is 0 Å². The molecule has 2 rings (SSSR count). The average molecular weight is 190 g/mol. The molecule has 0 radical (unpaired) electrons. The van der Waals surface area contributed by atoms with Crippen molar-refractivity contribution in [3.63, 3.8) is 0 Å². The van der Waals surface area contributed by atoms with Gasteiger partial charge in [-0.2, -0.15) is 0 Å². The van der Waals surface area contributed by atoms with E-state index >= 15 is 0 Å². The van der Waals surface area contributed by atoms with Gasteiger partial charge in [0.25, 0.3) is 0 Å². The van der Waals surface area contributed by atoms with Gasteiger partial charge in [-0.25, -0.2) is 0 Å². The summed E-state index contributed by atoms with van der Waals surface area (Å²) in [7, 11) is 0. The molecule has 14 heavy (non-hydrogen) atoms. The predicted molar refractivity (Wildman–Crippen MR) is 58.6 cm³/mol. The van der Waals surface area contributed by atoms with Gasteiger partial charge in [-0.1, -0.05) is 38.1 Å². The molecule has 2 aromatic rings. The zero-order valence-electron chi connectivity index (χ0n) is 8.36. The Morgan fingerprint density at radius 3 is 1.50 bits per heavy atom. The number of rotatable bonds is 0. The van der Waals surface area contributed by atoms with Crippen molar-refractivity contribution < 1.29 is 10.2 Å². The molecule has 0 aliphatic rings. The van der Waals surface area contributed by atoms with Gasteiger partial charge in [0.05, 0.1) is 0 Å². The van der Waals surface area contributed by atoms with Crippen molar-refractivity contribution in [1.82, 2.24) is 0 Å². The normalized spacial score (nSPS) is 9.29. The van der Waals surface area contributed by atoms with Crippen LogP contribution in [0.4, 0.5) is 0 Å². The first-order valence-electron chi connectivity index (χ1n) is 4.68. The highest BCUT2D eigenvalue weighted by Gasteiger charge is 1.99. The Balaban J connectivity index is 0.000000461. The van der Waals surface area contributed by atoms with Crippen LogP contribution in [0.25, 0.3) is 10.8 Å². The number of phenols is 2. The largest absolute Gasteiger partial charge is 0.504 e. The zero-order chi connectivity index (χ0) is 10.6. The van der Waals surface area contributed by atoms with Gasteiger partial charge in [0, 0.05) is 0 Å². The first kappa shape index (κ1) is 10.4. The number of fused-ring (bicyclic) bond motifs is 1. The van der Waals surface area contributed by atoms with E-state index in [1.54, 1.807) is 12.1 Å². The number of benzene rings is 2. The van der Waals surface area contributed by atoms with Crippen LogP contribution in [-0.4, -0.2) is 10.2 Å². The Morgan fingerprint density at radius 1 is 0.786 bits per heavy atom. The molecule has 0 spiro atoms. The Bertz CT molecular complexity index is 381. The van der Waals surface area contributed by atoms with Crippen molar-refractivity contribution in [3.8, 4) is 11.5 Å². The maximum atomic E-state index is 9.17. The molecule has 0 bridgehead atoms. The maximum Gasteiger partial charge on any atom is 0.158 e. The monoisotopic (exact) mass is 190 g/mol. The molecule has 0 heterocycles. The second kappa shape index (κ2) is 4.51. The van der Waals surface area contributed by atoms with E-state index in [2.05, 4.69) is 0 Å². The van der Waals surface area contributed by atoms with Gasteiger partial charge in [0.15, 0.2) is 11.5 Å². The standard InChI is InChI=1S/C10H8O2.C2H6/c11-9-5-7-3-1-2-4-8(7)6-10(9)12;1-2/h1-6,11-12H;1-2H3. The minimum Gasteiger partial charge on any atom is -0.504 e. The van der Waals surface area contributed by atoms with Gasteiger partial charge in [-0.3, -0.25) is 0 Å². The van der Waals surface area contributed by atoms with Gasteiger partial charge < -0.3 is 10.2 Å². The number of phenolic OH excluding ortho intramolecular Hbond substituents is 2. The van der Waals surface area contributed by atoms with Crippen LogP contribution in [0.5, 0.6) is 11.5 Å². The first-order valence-corrected chi connectivity index (χ1v) is 4.68. The third-order valence-corrected chi connectivity index (χ3v) is 1.84. The highest BCUT2D eigenvalue weighted by Crippen LogP contribution is 2.29. The van der Waals surface area contributed by atoms with Crippen LogP contribution in [0.2, 0.25) is 0 Å². The van der Waals surface area contributed by atoms with E-state index in [1.165, 1.54) is 0 Å². The predicted octanol–water partition coefficient (Wildman–Crippen LogP) is 3.28. The summed E-state index contributed by atoms with van der Waals surface area (Å²) in [6.07, 6.45) is 0. The summed E-state index contributed by atoms with van der Waals surface area (Å²) in [6, 6.07) is 10.6. The first-order chi connectivity index (χ1) is 6.77. The number of hydrogen-bond donors (Lipinski definition) is 2. The van der Waals surface area contributed by atoms with Gasteiger partial charge in [0.2, 0.25) is 0 Å². The average Bonchev–Trinajstić information content (AvgIpc) is 2.23. The number of aromatic hydroxyl groups is 2. The quantitative estimate of drug-likeness (QED) is 0.626. The van der Waals surface area contributed by atoms with Crippen molar-refractivity contribution in [2.45, 2.75) is 13.8 Å². The second-order valence-electron chi connectivity index (χ2n) is 2.69. The molecular weight excluding hydrogens is 176 g/mol. The van der Waals surface area contributed by atoms with Crippen molar-refractivity contribution in [2.75, 3.05) is 0 Å². The third-order valence-electron chi connectivity index (χ3n) is 1.84. The Hall–Kier alpha value is -1.70. The van der Waals surface area contributed by atoms with Crippen molar-refractivity contribution in [3.05, 3.63) is 36.4 Å². The van der Waals surface area contributed by atoms with E-state index in [0.29, 0.717) is 0 Å². The smallest absolute Gasteiger partial charge is 0.158 e. The summed E-state index contributed by atoms with van der Waals surface area (Å²) >= 11 is 0. The summed E-state index contributed by atoms with van der Waals surface area (Å²) in [5.74, 6) is -0.151. The summed E-state index contributed by atoms with van der Waals surface area (Å²) in [5, 5.41) is 20.2. The molecule has 0 fully saturated rings. The molecule has 2 nitrogen and oxygen atoms in total. The topological polar surface area (TPSA) is 40.5 Å². The summed E-state index contributed by atoms with van der Waals surface area (Å²) in [5.41, 5.74) is 0. The highest BCUT2D eigenvalue weighted by atomic mass is 16.3. The van der Waals surface area contributed by atoms with Gasteiger partial charge in [0.1, 0.15) is 0 Å². The Morgan fingerprint density at radius 2 is 1.14 bits per heavy atom. The second-order valence-corrected chi connectivity index (χ2v) is 2.69. The molecule has 0 amide bonds. The van der Waals surface area contributed by atoms with Crippen LogP contribution < -0.4 is 0 Å². The molecule has 0 aliphatic heterocycles.